The summed E-state index contributed by atoms with van der Waals surface area (Å²) < 4.78 is 7.12. The Morgan fingerprint density at radius 2 is 2.41 bits per heavy atom. The van der Waals surface area contributed by atoms with Crippen molar-refractivity contribution < 1.29 is 14.6 Å². The van der Waals surface area contributed by atoms with Gasteiger partial charge in [0.15, 0.2) is 6.10 Å². The molecule has 0 aliphatic carbocycles. The van der Waals surface area contributed by atoms with E-state index >= 15 is 0 Å². The van der Waals surface area contributed by atoms with Crippen LogP contribution < -0.4 is 5.56 Å². The van der Waals surface area contributed by atoms with Crippen molar-refractivity contribution in [1.82, 2.24) is 9.55 Å². The Kier molecular flexibility index (Phi) is 3.58. The molecule has 0 amide bonds. The fourth-order valence-corrected chi connectivity index (χ4v) is 2.14. The molecule has 1 aliphatic heterocycles. The Balaban J connectivity index is 2.05. The summed E-state index contributed by atoms with van der Waals surface area (Å²) in [5.41, 5.74) is -0.192. The Hall–Kier alpha value is -1.21. The summed E-state index contributed by atoms with van der Waals surface area (Å²) in [5, 5.41) is 8.78. The van der Waals surface area contributed by atoms with Crippen LogP contribution in [0.4, 0.5) is 0 Å². The van der Waals surface area contributed by atoms with Crippen LogP contribution in [-0.2, 0) is 16.1 Å². The van der Waals surface area contributed by atoms with Gasteiger partial charge >= 0.3 is 5.97 Å². The molecule has 0 radical (unpaired) electrons. The van der Waals surface area contributed by atoms with Crippen LogP contribution in [0.5, 0.6) is 0 Å². The zero-order valence-electron chi connectivity index (χ0n) is 8.88. The molecular weight excluding hydrogens is 292 g/mol. The van der Waals surface area contributed by atoms with Gasteiger partial charge in [-0.3, -0.25) is 9.36 Å². The van der Waals surface area contributed by atoms with E-state index in [0.717, 1.165) is 0 Å². The van der Waals surface area contributed by atoms with Gasteiger partial charge in [0.25, 0.3) is 5.56 Å². The zero-order valence-corrected chi connectivity index (χ0v) is 10.5. The number of rotatable bonds is 3. The molecule has 2 atom stereocenters. The average molecular weight is 303 g/mol. The highest BCUT2D eigenvalue weighted by atomic mass is 79.9. The molecule has 7 heteroatoms. The topological polar surface area (TPSA) is 81.4 Å². The van der Waals surface area contributed by atoms with E-state index in [1.54, 1.807) is 0 Å². The number of aromatic nitrogens is 2. The quantitative estimate of drug-likeness (QED) is 0.886. The van der Waals surface area contributed by atoms with Gasteiger partial charge in [-0.05, 0) is 28.8 Å². The summed E-state index contributed by atoms with van der Waals surface area (Å²) in [6, 6.07) is 0. The van der Waals surface area contributed by atoms with E-state index in [4.69, 9.17) is 9.84 Å². The lowest BCUT2D eigenvalue weighted by Gasteiger charge is -2.12. The largest absolute Gasteiger partial charge is 0.479 e. The van der Waals surface area contributed by atoms with E-state index in [2.05, 4.69) is 20.9 Å². The van der Waals surface area contributed by atoms with Gasteiger partial charge in [0.1, 0.15) is 4.47 Å². The zero-order chi connectivity index (χ0) is 12.4. The summed E-state index contributed by atoms with van der Waals surface area (Å²) in [5.74, 6) is -0.952. The molecule has 0 bridgehead atoms. The van der Waals surface area contributed by atoms with Gasteiger partial charge in [-0.1, -0.05) is 0 Å². The number of hydrogen-bond donors (Lipinski definition) is 1. The maximum Gasteiger partial charge on any atom is 0.332 e. The van der Waals surface area contributed by atoms with Crippen molar-refractivity contribution in [3.8, 4) is 0 Å². The first-order valence-corrected chi connectivity index (χ1v) is 5.95. The molecule has 1 fully saturated rings. The van der Waals surface area contributed by atoms with E-state index in [-0.39, 0.29) is 11.7 Å². The number of nitrogens with zero attached hydrogens (tertiary/aromatic N) is 2. The minimum Gasteiger partial charge on any atom is -0.479 e. The molecular formula is C10H11BrN2O4. The maximum atomic E-state index is 11.7. The van der Waals surface area contributed by atoms with Gasteiger partial charge < -0.3 is 9.84 Å². The predicted molar refractivity (Wildman–Crippen MR) is 61.7 cm³/mol. The number of carboxylic acids is 1. The maximum absolute atomic E-state index is 11.7. The Labute approximate surface area is 105 Å². The Morgan fingerprint density at radius 3 is 3.06 bits per heavy atom. The standard InChI is InChI=1S/C10H11BrN2O4/c11-7-3-12-5-13(9(7)14)4-6-1-2-8(17-6)10(15)16/h3,5-6,8H,1-2,4H2,(H,15,16). The minimum absolute atomic E-state index is 0.192. The molecule has 1 aliphatic rings. The third-order valence-electron chi connectivity index (χ3n) is 2.64. The lowest BCUT2D eigenvalue weighted by atomic mass is 10.2. The van der Waals surface area contributed by atoms with Crippen molar-refractivity contribution in [2.45, 2.75) is 31.6 Å². The van der Waals surface area contributed by atoms with E-state index < -0.39 is 12.1 Å². The molecule has 1 aromatic heterocycles. The molecule has 0 saturated carbocycles. The van der Waals surface area contributed by atoms with Crippen LogP contribution in [0.2, 0.25) is 0 Å². The second-order valence-corrected chi connectivity index (χ2v) is 4.72. The fraction of sp³-hybridized carbons (Fsp3) is 0.500. The first-order valence-electron chi connectivity index (χ1n) is 5.16. The van der Waals surface area contributed by atoms with Gasteiger partial charge in [0.2, 0.25) is 0 Å². The van der Waals surface area contributed by atoms with Gasteiger partial charge in [0.05, 0.1) is 19.0 Å². The number of carbonyl (C=O) groups is 1. The van der Waals surface area contributed by atoms with E-state index in [1.165, 1.54) is 17.1 Å². The molecule has 0 aromatic carbocycles. The molecule has 92 valence electrons. The monoisotopic (exact) mass is 302 g/mol. The van der Waals surface area contributed by atoms with Crippen molar-refractivity contribution in [2.75, 3.05) is 0 Å². The first kappa shape index (κ1) is 12.3. The van der Waals surface area contributed by atoms with Crippen LogP contribution in [0.25, 0.3) is 0 Å². The van der Waals surface area contributed by atoms with E-state index in [9.17, 15) is 9.59 Å². The molecule has 17 heavy (non-hydrogen) atoms. The number of halogens is 1. The van der Waals surface area contributed by atoms with Gasteiger partial charge in [0, 0.05) is 6.20 Å². The van der Waals surface area contributed by atoms with Crippen LogP contribution in [0.15, 0.2) is 21.8 Å². The van der Waals surface area contributed by atoms with Gasteiger partial charge in [-0.15, -0.1) is 0 Å². The second kappa shape index (κ2) is 4.97. The van der Waals surface area contributed by atoms with Crippen molar-refractivity contribution in [1.29, 1.82) is 0 Å². The van der Waals surface area contributed by atoms with E-state index in [0.29, 0.717) is 23.9 Å². The summed E-state index contributed by atoms with van der Waals surface area (Å²) in [4.78, 5) is 26.3. The van der Waals surface area contributed by atoms with Crippen LogP contribution in [-0.4, -0.2) is 32.8 Å². The average Bonchev–Trinajstić information content (AvgIpc) is 2.73. The molecule has 6 nitrogen and oxygen atoms in total. The van der Waals surface area contributed by atoms with Crippen LogP contribution in [0, 0.1) is 0 Å². The summed E-state index contributed by atoms with van der Waals surface area (Å²) in [6.07, 6.45) is 2.96. The smallest absolute Gasteiger partial charge is 0.332 e. The number of ether oxygens (including phenoxy) is 1. The van der Waals surface area contributed by atoms with Gasteiger partial charge in [-0.2, -0.15) is 0 Å². The van der Waals surface area contributed by atoms with Crippen LogP contribution in [0.1, 0.15) is 12.8 Å². The molecule has 2 unspecified atom stereocenters. The molecule has 2 heterocycles. The number of aliphatic carboxylic acids is 1. The number of carboxylic acid groups (broad SMARTS) is 1. The minimum atomic E-state index is -0.952. The summed E-state index contributed by atoms with van der Waals surface area (Å²) >= 11 is 3.10. The van der Waals surface area contributed by atoms with Crippen molar-refractivity contribution in [2.24, 2.45) is 0 Å². The highest BCUT2D eigenvalue weighted by molar-refractivity contribution is 9.10. The molecule has 1 aromatic rings. The second-order valence-electron chi connectivity index (χ2n) is 3.86. The molecule has 0 spiro atoms. The molecule has 1 N–H and O–H groups in total. The van der Waals surface area contributed by atoms with Crippen LogP contribution >= 0.6 is 15.9 Å². The first-order chi connectivity index (χ1) is 8.08. The Bertz CT molecular complexity index is 487. The SMILES string of the molecule is O=C(O)C1CCC(Cn2cncc(Br)c2=O)O1. The lowest BCUT2D eigenvalue weighted by Crippen LogP contribution is -2.28. The highest BCUT2D eigenvalue weighted by Gasteiger charge is 2.30. The molecule has 1 saturated heterocycles. The summed E-state index contributed by atoms with van der Waals surface area (Å²) in [6.45, 7) is 0.328. The van der Waals surface area contributed by atoms with Crippen molar-refractivity contribution in [3.05, 3.63) is 27.4 Å². The third kappa shape index (κ3) is 2.73. The highest BCUT2D eigenvalue weighted by Crippen LogP contribution is 2.20. The Morgan fingerprint density at radius 1 is 1.65 bits per heavy atom. The van der Waals surface area contributed by atoms with E-state index in [1.807, 2.05) is 0 Å². The number of hydrogen-bond acceptors (Lipinski definition) is 4. The van der Waals surface area contributed by atoms with Gasteiger partial charge in [-0.25, -0.2) is 9.78 Å². The lowest BCUT2D eigenvalue weighted by molar-refractivity contribution is -0.149. The van der Waals surface area contributed by atoms with Crippen LogP contribution in [0.3, 0.4) is 0 Å². The third-order valence-corrected chi connectivity index (χ3v) is 3.19. The fourth-order valence-electron chi connectivity index (χ4n) is 1.80. The van der Waals surface area contributed by atoms with Crippen molar-refractivity contribution in [3.63, 3.8) is 0 Å². The predicted octanol–water partition coefficient (Wildman–Crippen LogP) is 0.638. The molecule has 2 rings (SSSR count). The summed E-state index contributed by atoms with van der Waals surface area (Å²) in [7, 11) is 0. The normalized spacial score (nSPS) is 23.8. The van der Waals surface area contributed by atoms with Crippen molar-refractivity contribution >= 4 is 21.9 Å².